The van der Waals surface area contributed by atoms with Gasteiger partial charge in [0.05, 0.1) is 5.75 Å². The number of carbonyl (C=O) groups excluding carboxylic acids is 1. The minimum absolute atomic E-state index is 0.0744. The van der Waals surface area contributed by atoms with Crippen molar-refractivity contribution in [3.63, 3.8) is 0 Å². The smallest absolute Gasteiger partial charge is 0.234 e. The number of thioether (sulfide) groups is 1. The SMILES string of the molecule is CCc1cccc(C)c1NC(=O)CSc1nnc(COc2ccc(F)cc2)n1N. The van der Waals surface area contributed by atoms with Gasteiger partial charge < -0.3 is 15.9 Å². The van der Waals surface area contributed by atoms with Gasteiger partial charge in [0.2, 0.25) is 11.1 Å². The van der Waals surface area contributed by atoms with Gasteiger partial charge in [-0.1, -0.05) is 36.9 Å². The van der Waals surface area contributed by atoms with Crippen molar-refractivity contribution in [1.29, 1.82) is 0 Å². The first-order chi connectivity index (χ1) is 14.0. The topological polar surface area (TPSA) is 95.1 Å². The lowest BCUT2D eigenvalue weighted by Crippen LogP contribution is -2.19. The molecule has 0 spiro atoms. The zero-order valence-electron chi connectivity index (χ0n) is 16.2. The molecule has 0 saturated heterocycles. The molecule has 0 unspecified atom stereocenters. The highest BCUT2D eigenvalue weighted by molar-refractivity contribution is 7.99. The molecule has 3 rings (SSSR count). The highest BCUT2D eigenvalue weighted by Gasteiger charge is 2.14. The third kappa shape index (κ3) is 5.26. The van der Waals surface area contributed by atoms with Crippen LogP contribution in [0.4, 0.5) is 10.1 Å². The lowest BCUT2D eigenvalue weighted by molar-refractivity contribution is -0.113. The summed E-state index contributed by atoms with van der Waals surface area (Å²) in [7, 11) is 0. The molecule has 0 radical (unpaired) electrons. The molecular formula is C20H22FN5O2S. The van der Waals surface area contributed by atoms with Crippen LogP contribution in [0.3, 0.4) is 0 Å². The van der Waals surface area contributed by atoms with Gasteiger partial charge in [0.1, 0.15) is 18.2 Å². The Hall–Kier alpha value is -3.07. The van der Waals surface area contributed by atoms with Crippen LogP contribution < -0.4 is 15.9 Å². The summed E-state index contributed by atoms with van der Waals surface area (Å²) in [4.78, 5) is 12.4. The minimum atomic E-state index is -0.340. The molecule has 152 valence electrons. The summed E-state index contributed by atoms with van der Waals surface area (Å²) in [5, 5.41) is 11.4. The summed E-state index contributed by atoms with van der Waals surface area (Å²) in [6, 6.07) is 11.6. The second-order valence-electron chi connectivity index (χ2n) is 6.31. The number of benzene rings is 2. The standard InChI is InChI=1S/C20H22FN5O2S/c1-3-14-6-4-5-13(2)19(14)23-18(27)12-29-20-25-24-17(26(20)22)11-28-16-9-7-15(21)8-10-16/h4-10H,3,11-12,22H2,1-2H3,(H,23,27). The number of para-hydroxylation sites is 1. The molecule has 7 nitrogen and oxygen atoms in total. The third-order valence-corrected chi connectivity index (χ3v) is 5.20. The summed E-state index contributed by atoms with van der Waals surface area (Å²) in [5.41, 5.74) is 2.96. The quantitative estimate of drug-likeness (QED) is 0.433. The number of amides is 1. The van der Waals surface area contributed by atoms with E-state index >= 15 is 0 Å². The van der Waals surface area contributed by atoms with Crippen LogP contribution in [0.2, 0.25) is 0 Å². The highest BCUT2D eigenvalue weighted by atomic mass is 32.2. The monoisotopic (exact) mass is 415 g/mol. The van der Waals surface area contributed by atoms with Gasteiger partial charge in [-0.25, -0.2) is 9.07 Å². The van der Waals surface area contributed by atoms with E-state index < -0.39 is 0 Å². The lowest BCUT2D eigenvalue weighted by atomic mass is 10.1. The van der Waals surface area contributed by atoms with Crippen LogP contribution in [0.15, 0.2) is 47.6 Å². The Morgan fingerprint density at radius 1 is 1.24 bits per heavy atom. The number of aryl methyl sites for hydroxylation is 2. The first-order valence-electron chi connectivity index (χ1n) is 9.06. The number of aromatic nitrogens is 3. The molecule has 0 aliphatic heterocycles. The summed E-state index contributed by atoms with van der Waals surface area (Å²) in [6.07, 6.45) is 0.832. The van der Waals surface area contributed by atoms with Gasteiger partial charge in [-0.15, -0.1) is 10.2 Å². The van der Waals surface area contributed by atoms with E-state index in [2.05, 4.69) is 15.5 Å². The average molecular weight is 415 g/mol. The van der Waals surface area contributed by atoms with Crippen molar-refractivity contribution in [1.82, 2.24) is 14.9 Å². The zero-order chi connectivity index (χ0) is 20.8. The fourth-order valence-electron chi connectivity index (χ4n) is 2.69. The van der Waals surface area contributed by atoms with Crippen molar-refractivity contribution >= 4 is 23.4 Å². The Labute approximate surface area is 172 Å². The van der Waals surface area contributed by atoms with Gasteiger partial charge in [0.15, 0.2) is 5.82 Å². The maximum atomic E-state index is 12.9. The number of nitrogens with zero attached hydrogens (tertiary/aromatic N) is 3. The predicted octanol–water partition coefficient (Wildman–Crippen LogP) is 3.31. The predicted molar refractivity (Wildman–Crippen MR) is 111 cm³/mol. The molecule has 1 amide bonds. The van der Waals surface area contributed by atoms with Gasteiger partial charge >= 0.3 is 0 Å². The maximum absolute atomic E-state index is 12.9. The Kier molecular flexibility index (Phi) is 6.71. The molecule has 0 bridgehead atoms. The van der Waals surface area contributed by atoms with Gasteiger partial charge in [-0.2, -0.15) is 0 Å². The molecule has 3 N–H and O–H groups in total. The summed E-state index contributed by atoms with van der Waals surface area (Å²) < 4.78 is 19.7. The largest absolute Gasteiger partial charge is 0.486 e. The van der Waals surface area contributed by atoms with E-state index in [0.717, 1.165) is 23.2 Å². The number of carbonyl (C=O) groups is 1. The second kappa shape index (κ2) is 9.42. The third-order valence-electron chi connectivity index (χ3n) is 4.25. The van der Waals surface area contributed by atoms with Crippen LogP contribution in [-0.2, 0) is 17.8 Å². The van der Waals surface area contributed by atoms with Crippen molar-refractivity contribution in [2.45, 2.75) is 32.0 Å². The molecule has 0 aliphatic rings. The van der Waals surface area contributed by atoms with Crippen molar-refractivity contribution in [2.24, 2.45) is 0 Å². The number of ether oxygens (including phenoxy) is 1. The van der Waals surface area contributed by atoms with Crippen molar-refractivity contribution < 1.29 is 13.9 Å². The van der Waals surface area contributed by atoms with E-state index in [1.54, 1.807) is 0 Å². The van der Waals surface area contributed by atoms with Crippen LogP contribution in [0.25, 0.3) is 0 Å². The number of nitrogen functional groups attached to an aromatic ring is 1. The number of rotatable bonds is 8. The number of nitrogens with two attached hydrogens (primary N) is 1. The van der Waals surface area contributed by atoms with E-state index in [1.165, 1.54) is 40.7 Å². The summed E-state index contributed by atoms with van der Waals surface area (Å²) in [6.45, 7) is 4.09. The summed E-state index contributed by atoms with van der Waals surface area (Å²) >= 11 is 1.19. The molecule has 3 aromatic rings. The molecular weight excluding hydrogens is 393 g/mol. The molecule has 29 heavy (non-hydrogen) atoms. The van der Waals surface area contributed by atoms with Crippen LogP contribution in [-0.4, -0.2) is 26.5 Å². The maximum Gasteiger partial charge on any atom is 0.234 e. The van der Waals surface area contributed by atoms with Gasteiger partial charge in [-0.3, -0.25) is 4.79 Å². The second-order valence-corrected chi connectivity index (χ2v) is 7.25. The lowest BCUT2D eigenvalue weighted by Gasteiger charge is -2.12. The van der Waals surface area contributed by atoms with Crippen molar-refractivity contribution in [3.05, 3.63) is 65.2 Å². The Bertz CT molecular complexity index is 991. The Morgan fingerprint density at radius 2 is 2.00 bits per heavy atom. The van der Waals surface area contributed by atoms with Crippen LogP contribution in [0, 0.1) is 12.7 Å². The highest BCUT2D eigenvalue weighted by Crippen LogP contribution is 2.22. The molecule has 0 fully saturated rings. The molecule has 2 aromatic carbocycles. The molecule has 0 saturated carbocycles. The molecule has 1 heterocycles. The molecule has 0 atom stereocenters. The van der Waals surface area contributed by atoms with E-state index in [-0.39, 0.29) is 24.1 Å². The number of hydrogen-bond acceptors (Lipinski definition) is 6. The van der Waals surface area contributed by atoms with E-state index in [4.69, 9.17) is 10.6 Å². The zero-order valence-corrected chi connectivity index (χ0v) is 17.0. The molecule has 0 aliphatic carbocycles. The Morgan fingerprint density at radius 3 is 2.72 bits per heavy atom. The number of hydrogen-bond donors (Lipinski definition) is 2. The van der Waals surface area contributed by atoms with Crippen LogP contribution >= 0.6 is 11.8 Å². The molecule has 9 heteroatoms. The fraction of sp³-hybridized carbons (Fsp3) is 0.250. The van der Waals surface area contributed by atoms with Crippen LogP contribution in [0.1, 0.15) is 23.9 Å². The average Bonchev–Trinajstić information content (AvgIpc) is 3.07. The van der Waals surface area contributed by atoms with E-state index in [9.17, 15) is 9.18 Å². The number of anilines is 1. The van der Waals surface area contributed by atoms with Gasteiger partial charge in [0.25, 0.3) is 0 Å². The van der Waals surface area contributed by atoms with E-state index in [1.807, 2.05) is 32.0 Å². The van der Waals surface area contributed by atoms with Crippen LogP contribution in [0.5, 0.6) is 5.75 Å². The van der Waals surface area contributed by atoms with E-state index in [0.29, 0.717) is 16.7 Å². The Balaban J connectivity index is 1.56. The first-order valence-corrected chi connectivity index (χ1v) is 10.1. The fourth-order valence-corrected chi connectivity index (χ4v) is 3.37. The number of halogens is 1. The molecule has 1 aromatic heterocycles. The normalized spacial score (nSPS) is 10.7. The van der Waals surface area contributed by atoms with Crippen molar-refractivity contribution in [2.75, 3.05) is 16.9 Å². The first kappa shape index (κ1) is 20.7. The van der Waals surface area contributed by atoms with Gasteiger partial charge in [-0.05, 0) is 48.7 Å². The van der Waals surface area contributed by atoms with Crippen molar-refractivity contribution in [3.8, 4) is 5.75 Å². The van der Waals surface area contributed by atoms with Gasteiger partial charge in [0, 0.05) is 5.69 Å². The summed E-state index contributed by atoms with van der Waals surface area (Å²) in [5.74, 6) is 6.54. The minimum Gasteiger partial charge on any atom is -0.486 e. The number of nitrogens with one attached hydrogen (secondary N) is 1.